The molecule has 8 heteroatoms. The third-order valence-electron chi connectivity index (χ3n) is 3.68. The van der Waals surface area contributed by atoms with E-state index < -0.39 is 33.3 Å². The van der Waals surface area contributed by atoms with Crippen molar-refractivity contribution in [3.63, 3.8) is 0 Å². The zero-order valence-corrected chi connectivity index (χ0v) is 14.6. The van der Waals surface area contributed by atoms with Crippen LogP contribution in [0.25, 0.3) is 0 Å². The lowest BCUT2D eigenvalue weighted by Gasteiger charge is -2.24. The van der Waals surface area contributed by atoms with Crippen molar-refractivity contribution in [2.75, 3.05) is 11.5 Å². The van der Waals surface area contributed by atoms with E-state index in [2.05, 4.69) is 6.92 Å². The molecule has 0 bridgehead atoms. The lowest BCUT2D eigenvalue weighted by Crippen LogP contribution is -2.50. The van der Waals surface area contributed by atoms with E-state index in [9.17, 15) is 21.6 Å². The zero-order valence-electron chi connectivity index (χ0n) is 13.7. The van der Waals surface area contributed by atoms with Crippen LogP contribution in [0.3, 0.4) is 0 Å². The summed E-state index contributed by atoms with van der Waals surface area (Å²) < 4.78 is 59.7. The van der Waals surface area contributed by atoms with Crippen LogP contribution in [0.5, 0.6) is 0 Å². The average Bonchev–Trinajstić information content (AvgIpc) is 2.38. The van der Waals surface area contributed by atoms with E-state index in [-0.39, 0.29) is 6.42 Å². The highest BCUT2D eigenvalue weighted by molar-refractivity contribution is 7.91. The molecule has 0 spiro atoms. The molecule has 0 aliphatic heterocycles. The predicted octanol–water partition coefficient (Wildman–Crippen LogP) is 3.57. The number of sulfone groups is 1. The second-order valence-electron chi connectivity index (χ2n) is 6.09. The topological polar surface area (TPSA) is 74.6 Å². The van der Waals surface area contributed by atoms with Crippen LogP contribution < -0.4 is 0 Å². The minimum Gasteiger partial charge on any atom is -0.358 e. The van der Waals surface area contributed by atoms with Crippen LogP contribution in [-0.4, -0.2) is 42.1 Å². The van der Waals surface area contributed by atoms with E-state index in [0.717, 1.165) is 25.7 Å². The quantitative estimate of drug-likeness (QED) is 0.388. The molecule has 0 radical (unpaired) electrons. The van der Waals surface area contributed by atoms with Gasteiger partial charge in [0.1, 0.15) is 5.75 Å². The largest absolute Gasteiger partial charge is 0.443 e. The summed E-state index contributed by atoms with van der Waals surface area (Å²) in [4.78, 5) is 0. The summed E-state index contributed by atoms with van der Waals surface area (Å²) in [6.45, 7) is 2.15. The first kappa shape index (κ1) is 22.7. The molecule has 0 heterocycles. The molecule has 0 saturated carbocycles. The Bertz CT molecular complexity index is 405. The van der Waals surface area contributed by atoms with Gasteiger partial charge in [-0.1, -0.05) is 64.7 Å². The maximum absolute atomic E-state index is 12.2. The molecule has 0 aliphatic carbocycles. The van der Waals surface area contributed by atoms with Crippen molar-refractivity contribution in [1.82, 2.24) is 0 Å². The number of hydrogen-bond donors (Lipinski definition) is 2. The lowest BCUT2D eigenvalue weighted by atomic mass is 10.1. The molecule has 0 atom stereocenters. The van der Waals surface area contributed by atoms with Crippen molar-refractivity contribution >= 4 is 9.84 Å². The van der Waals surface area contributed by atoms with Gasteiger partial charge in [0.2, 0.25) is 0 Å². The molecule has 0 aromatic carbocycles. The van der Waals surface area contributed by atoms with Gasteiger partial charge in [-0.3, -0.25) is 0 Å². The summed E-state index contributed by atoms with van der Waals surface area (Å²) in [6.07, 6.45) is 4.42. The first-order valence-electron chi connectivity index (χ1n) is 8.24. The Balaban J connectivity index is 3.80. The van der Waals surface area contributed by atoms with Gasteiger partial charge in [0.25, 0.3) is 5.79 Å². The fourth-order valence-electron chi connectivity index (χ4n) is 2.27. The Morgan fingerprint density at radius 3 is 1.57 bits per heavy atom. The minimum atomic E-state index is -5.38. The molecular formula is C15H29F3O4S. The number of halogens is 3. The van der Waals surface area contributed by atoms with Gasteiger partial charge in [-0.25, -0.2) is 8.42 Å². The second-order valence-corrected chi connectivity index (χ2v) is 8.27. The van der Waals surface area contributed by atoms with Gasteiger partial charge in [0.05, 0.1) is 5.75 Å². The van der Waals surface area contributed by atoms with Gasteiger partial charge in [-0.2, -0.15) is 13.2 Å². The molecule has 23 heavy (non-hydrogen) atoms. The first-order chi connectivity index (χ1) is 10.5. The van der Waals surface area contributed by atoms with E-state index in [0.29, 0.717) is 6.42 Å². The standard InChI is InChI=1S/C15H29F3O4S/c1-2-3-4-5-6-7-8-9-10-11-12-23(21,22)13-14(19,20)15(16,17)18/h19-20H,2-13H2,1H3. The number of aliphatic hydroxyl groups is 2. The van der Waals surface area contributed by atoms with Crippen molar-refractivity contribution in [2.45, 2.75) is 83.1 Å². The first-order valence-corrected chi connectivity index (χ1v) is 10.1. The summed E-state index contributed by atoms with van der Waals surface area (Å²) in [6, 6.07) is 0. The number of rotatable bonds is 13. The second kappa shape index (κ2) is 10.5. The van der Waals surface area contributed by atoms with Crippen molar-refractivity contribution in [3.05, 3.63) is 0 Å². The highest BCUT2D eigenvalue weighted by Crippen LogP contribution is 2.29. The van der Waals surface area contributed by atoms with Crippen LogP contribution >= 0.6 is 0 Å². The van der Waals surface area contributed by atoms with E-state index in [1.807, 2.05) is 0 Å². The van der Waals surface area contributed by atoms with Crippen molar-refractivity contribution < 1.29 is 31.8 Å². The monoisotopic (exact) mass is 362 g/mol. The molecule has 0 rings (SSSR count). The highest BCUT2D eigenvalue weighted by atomic mass is 32.2. The van der Waals surface area contributed by atoms with E-state index in [1.165, 1.54) is 25.7 Å². The van der Waals surface area contributed by atoms with Gasteiger partial charge in [-0.05, 0) is 6.42 Å². The van der Waals surface area contributed by atoms with Gasteiger partial charge in [-0.15, -0.1) is 0 Å². The molecule has 0 aromatic heterocycles. The molecule has 4 nitrogen and oxygen atoms in total. The van der Waals surface area contributed by atoms with Crippen LogP contribution in [0.4, 0.5) is 13.2 Å². The van der Waals surface area contributed by atoms with Crippen LogP contribution in [0.15, 0.2) is 0 Å². The third-order valence-corrected chi connectivity index (χ3v) is 5.44. The fourth-order valence-corrected chi connectivity index (χ4v) is 3.84. The van der Waals surface area contributed by atoms with Crippen LogP contribution in [0, 0.1) is 0 Å². The lowest BCUT2D eigenvalue weighted by molar-refractivity contribution is -0.337. The summed E-state index contributed by atoms with van der Waals surface area (Å²) in [5.41, 5.74) is 0. The maximum atomic E-state index is 12.2. The SMILES string of the molecule is CCCCCCCCCCCCS(=O)(=O)CC(O)(O)C(F)(F)F. The molecule has 0 aromatic rings. The van der Waals surface area contributed by atoms with Crippen molar-refractivity contribution in [2.24, 2.45) is 0 Å². The maximum Gasteiger partial charge on any atom is 0.443 e. The van der Waals surface area contributed by atoms with Crippen LogP contribution in [-0.2, 0) is 9.84 Å². The Labute approximate surface area is 137 Å². The smallest absolute Gasteiger partial charge is 0.358 e. The van der Waals surface area contributed by atoms with Gasteiger partial charge in [0, 0.05) is 0 Å². The number of alkyl halides is 3. The molecule has 140 valence electrons. The fraction of sp³-hybridized carbons (Fsp3) is 1.00. The molecule has 0 fully saturated rings. The third kappa shape index (κ3) is 10.9. The summed E-state index contributed by atoms with van der Waals surface area (Å²) in [5.74, 6) is -6.34. The Kier molecular flexibility index (Phi) is 10.4. The summed E-state index contributed by atoms with van der Waals surface area (Å²) in [5, 5.41) is 17.6. The molecule has 2 N–H and O–H groups in total. The van der Waals surface area contributed by atoms with E-state index in [4.69, 9.17) is 10.2 Å². The number of unbranched alkanes of at least 4 members (excludes halogenated alkanes) is 9. The number of hydrogen-bond acceptors (Lipinski definition) is 4. The molecule has 0 aliphatic rings. The molecule has 0 saturated heterocycles. The normalized spacial score (nSPS) is 13.5. The van der Waals surface area contributed by atoms with Gasteiger partial charge in [0.15, 0.2) is 9.84 Å². The Morgan fingerprint density at radius 1 is 0.783 bits per heavy atom. The van der Waals surface area contributed by atoms with E-state index in [1.54, 1.807) is 0 Å². The summed E-state index contributed by atoms with van der Waals surface area (Å²) >= 11 is 0. The van der Waals surface area contributed by atoms with Crippen molar-refractivity contribution in [1.29, 1.82) is 0 Å². The van der Waals surface area contributed by atoms with Gasteiger partial charge >= 0.3 is 6.18 Å². The minimum absolute atomic E-state index is 0.242. The summed E-state index contributed by atoms with van der Waals surface area (Å²) in [7, 11) is -4.15. The predicted molar refractivity (Wildman–Crippen MR) is 83.7 cm³/mol. The van der Waals surface area contributed by atoms with Gasteiger partial charge < -0.3 is 10.2 Å². The van der Waals surface area contributed by atoms with Crippen molar-refractivity contribution in [3.8, 4) is 0 Å². The molecule has 0 unspecified atom stereocenters. The average molecular weight is 362 g/mol. The Hall–Kier alpha value is -0.340. The molecular weight excluding hydrogens is 333 g/mol. The van der Waals surface area contributed by atoms with Crippen LogP contribution in [0.1, 0.15) is 71.1 Å². The Morgan fingerprint density at radius 2 is 1.17 bits per heavy atom. The highest BCUT2D eigenvalue weighted by Gasteiger charge is 2.55. The molecule has 0 amide bonds. The van der Waals surface area contributed by atoms with Crippen LogP contribution in [0.2, 0.25) is 0 Å². The van der Waals surface area contributed by atoms with E-state index >= 15 is 0 Å². The zero-order chi connectivity index (χ0) is 18.0.